The Bertz CT molecular complexity index is 1550. The maximum atomic E-state index is 14.0. The standard InChI is InChI=1S/C35H41Cl2N5O3/c1-23-9-8-10-27(19-23)30-21-39-42(22-26-13-16-28(36)17-14-26)34(30)32-24(2)12-15-29(37)20-25(3)40-33(32)35(44)38-18-7-5-4-6-11-31(43)41-45/h8-10,12-17,20-21,23,25,40,45H,2,4-7,11,18-19,22H2,1,3H3,(H,38,44)(H,41,43)/b15-12-,29-20+,33-32+. The van der Waals surface area contributed by atoms with E-state index >= 15 is 0 Å². The van der Waals surface area contributed by atoms with Gasteiger partial charge in [-0.15, -0.1) is 0 Å². The lowest BCUT2D eigenvalue weighted by Gasteiger charge is -2.23. The van der Waals surface area contributed by atoms with Crippen molar-refractivity contribution in [3.8, 4) is 0 Å². The van der Waals surface area contributed by atoms with Gasteiger partial charge in [0.2, 0.25) is 5.91 Å². The first kappa shape index (κ1) is 34.0. The van der Waals surface area contributed by atoms with E-state index in [1.807, 2.05) is 54.2 Å². The van der Waals surface area contributed by atoms with Gasteiger partial charge in [0.15, 0.2) is 0 Å². The number of hydroxylamine groups is 1. The van der Waals surface area contributed by atoms with Crippen LogP contribution in [0.4, 0.5) is 0 Å². The number of allylic oxidation sites excluding steroid dienone is 9. The number of halogens is 2. The molecule has 2 heterocycles. The molecule has 2 unspecified atom stereocenters. The largest absolute Gasteiger partial charge is 0.374 e. The van der Waals surface area contributed by atoms with Crippen molar-refractivity contribution in [3.63, 3.8) is 0 Å². The highest BCUT2D eigenvalue weighted by molar-refractivity contribution is 6.31. The number of hydrogen-bond donors (Lipinski definition) is 4. The molecule has 0 saturated carbocycles. The minimum atomic E-state index is -0.393. The molecule has 2 amide bonds. The van der Waals surface area contributed by atoms with Crippen LogP contribution >= 0.6 is 23.2 Å². The summed E-state index contributed by atoms with van der Waals surface area (Å²) in [6, 6.07) is 7.40. The van der Waals surface area contributed by atoms with E-state index in [4.69, 9.17) is 33.5 Å². The van der Waals surface area contributed by atoms with Gasteiger partial charge in [-0.2, -0.15) is 5.10 Å². The number of aromatic nitrogens is 2. The zero-order valence-electron chi connectivity index (χ0n) is 25.8. The maximum Gasteiger partial charge on any atom is 0.268 e. The normalized spacial score (nSPS) is 21.8. The van der Waals surface area contributed by atoms with Gasteiger partial charge in [-0.1, -0.05) is 86.0 Å². The summed E-state index contributed by atoms with van der Waals surface area (Å²) in [7, 11) is 0. The molecule has 1 aliphatic heterocycles. The average molecular weight is 651 g/mol. The van der Waals surface area contributed by atoms with Crippen LogP contribution in [0.3, 0.4) is 0 Å². The van der Waals surface area contributed by atoms with Crippen LogP contribution in [0.2, 0.25) is 5.02 Å². The van der Waals surface area contributed by atoms with Crippen LogP contribution in [0.25, 0.3) is 11.1 Å². The molecule has 1 aromatic heterocycles. The molecule has 2 atom stereocenters. The molecule has 0 radical (unpaired) electrons. The smallest absolute Gasteiger partial charge is 0.268 e. The van der Waals surface area contributed by atoms with Crippen molar-refractivity contribution in [2.24, 2.45) is 5.92 Å². The second-order valence-electron chi connectivity index (χ2n) is 11.5. The van der Waals surface area contributed by atoms with E-state index in [9.17, 15) is 9.59 Å². The number of carbonyl (C=O) groups excluding carboxylic acids is 2. The molecular weight excluding hydrogens is 609 g/mol. The Balaban J connectivity index is 1.74. The molecule has 8 nitrogen and oxygen atoms in total. The number of amides is 2. The second kappa shape index (κ2) is 16.5. The van der Waals surface area contributed by atoms with Crippen molar-refractivity contribution in [3.05, 3.63) is 112 Å². The molecular formula is C35H41Cl2N5O3. The Morgan fingerprint density at radius 2 is 1.87 bits per heavy atom. The quantitative estimate of drug-likeness (QED) is 0.112. The molecule has 45 heavy (non-hydrogen) atoms. The van der Waals surface area contributed by atoms with Crippen molar-refractivity contribution in [2.75, 3.05) is 6.54 Å². The Morgan fingerprint density at radius 3 is 2.60 bits per heavy atom. The first-order chi connectivity index (χ1) is 21.7. The molecule has 4 rings (SSSR count). The Kier molecular flexibility index (Phi) is 12.4. The Labute approximate surface area is 275 Å². The van der Waals surface area contributed by atoms with Gasteiger partial charge in [-0.05, 0) is 73.1 Å². The van der Waals surface area contributed by atoms with Crippen molar-refractivity contribution in [2.45, 2.75) is 65.0 Å². The molecule has 4 N–H and O–H groups in total. The number of hydrogen-bond acceptors (Lipinski definition) is 5. The van der Waals surface area contributed by atoms with Crippen LogP contribution in [0.1, 0.15) is 69.2 Å². The second-order valence-corrected chi connectivity index (χ2v) is 12.4. The molecule has 1 aliphatic carbocycles. The van der Waals surface area contributed by atoms with Gasteiger partial charge in [-0.25, -0.2) is 5.48 Å². The number of nitrogens with zero attached hydrogens (tertiary/aromatic N) is 2. The summed E-state index contributed by atoms with van der Waals surface area (Å²) in [5, 5.41) is 21.2. The summed E-state index contributed by atoms with van der Waals surface area (Å²) in [6.07, 6.45) is 17.9. The van der Waals surface area contributed by atoms with Crippen LogP contribution in [-0.2, 0) is 16.1 Å². The van der Waals surface area contributed by atoms with Gasteiger partial charge in [0.1, 0.15) is 5.70 Å². The van der Waals surface area contributed by atoms with Gasteiger partial charge in [0.25, 0.3) is 5.91 Å². The molecule has 0 spiro atoms. The maximum absolute atomic E-state index is 14.0. The molecule has 2 aliphatic rings. The lowest BCUT2D eigenvalue weighted by atomic mass is 9.88. The fraction of sp³-hybridized carbons (Fsp3) is 0.343. The van der Waals surface area contributed by atoms with Crippen molar-refractivity contribution in [1.29, 1.82) is 0 Å². The number of nitrogens with one attached hydrogen (secondary N) is 3. The minimum absolute atomic E-state index is 0.255. The Morgan fingerprint density at radius 1 is 1.11 bits per heavy atom. The van der Waals surface area contributed by atoms with Crippen molar-refractivity contribution >= 4 is 46.2 Å². The highest BCUT2D eigenvalue weighted by atomic mass is 35.5. The molecule has 0 saturated heterocycles. The topological polar surface area (TPSA) is 108 Å². The zero-order valence-corrected chi connectivity index (χ0v) is 27.3. The summed E-state index contributed by atoms with van der Waals surface area (Å²) < 4.78 is 1.92. The molecule has 0 fully saturated rings. The molecule has 1 aromatic carbocycles. The average Bonchev–Trinajstić information content (AvgIpc) is 3.43. The van der Waals surface area contributed by atoms with Gasteiger partial charge in [0, 0.05) is 40.2 Å². The Hall–Kier alpha value is -3.85. The number of benzene rings is 1. The van der Waals surface area contributed by atoms with Crippen molar-refractivity contribution in [1.82, 2.24) is 25.9 Å². The van der Waals surface area contributed by atoms with Gasteiger partial charge in [0.05, 0.1) is 18.4 Å². The first-order valence-electron chi connectivity index (χ1n) is 15.3. The van der Waals surface area contributed by atoms with E-state index in [-0.39, 0.29) is 18.4 Å². The van der Waals surface area contributed by atoms with E-state index in [2.05, 4.69) is 42.4 Å². The lowest BCUT2D eigenvalue weighted by Crippen LogP contribution is -2.37. The van der Waals surface area contributed by atoms with E-state index in [0.29, 0.717) is 52.3 Å². The molecule has 10 heteroatoms. The van der Waals surface area contributed by atoms with E-state index in [1.165, 1.54) is 0 Å². The summed E-state index contributed by atoms with van der Waals surface area (Å²) >= 11 is 12.7. The zero-order chi connectivity index (χ0) is 32.3. The van der Waals surface area contributed by atoms with Gasteiger partial charge < -0.3 is 10.6 Å². The third kappa shape index (κ3) is 9.57. The third-order valence-electron chi connectivity index (χ3n) is 7.71. The van der Waals surface area contributed by atoms with E-state index < -0.39 is 5.91 Å². The van der Waals surface area contributed by atoms with Gasteiger partial charge >= 0.3 is 0 Å². The monoisotopic (exact) mass is 649 g/mol. The number of unbranched alkanes of at least 4 members (excludes halogenated alkanes) is 3. The highest BCUT2D eigenvalue weighted by Crippen LogP contribution is 2.37. The summed E-state index contributed by atoms with van der Waals surface area (Å²) in [5.41, 5.74) is 7.18. The fourth-order valence-electron chi connectivity index (χ4n) is 5.43. The first-order valence-corrected chi connectivity index (χ1v) is 16.1. The summed E-state index contributed by atoms with van der Waals surface area (Å²) in [4.78, 5) is 25.3. The van der Waals surface area contributed by atoms with Crippen LogP contribution < -0.4 is 16.1 Å². The molecule has 2 aromatic rings. The number of carbonyl (C=O) groups is 2. The highest BCUT2D eigenvalue weighted by Gasteiger charge is 2.28. The lowest BCUT2D eigenvalue weighted by molar-refractivity contribution is -0.129. The third-order valence-corrected chi connectivity index (χ3v) is 8.21. The van der Waals surface area contributed by atoms with Crippen LogP contribution in [0.15, 0.2) is 89.8 Å². The minimum Gasteiger partial charge on any atom is -0.374 e. The molecule has 238 valence electrons. The van der Waals surface area contributed by atoms with Crippen LogP contribution in [0, 0.1) is 5.92 Å². The van der Waals surface area contributed by atoms with E-state index in [1.54, 1.807) is 11.6 Å². The summed E-state index contributed by atoms with van der Waals surface area (Å²) in [5.74, 6) is -0.290. The van der Waals surface area contributed by atoms with Crippen LogP contribution in [0.5, 0.6) is 0 Å². The fourth-order valence-corrected chi connectivity index (χ4v) is 5.81. The number of rotatable bonds is 12. The van der Waals surface area contributed by atoms with Crippen LogP contribution in [-0.4, -0.2) is 39.4 Å². The SMILES string of the molecule is C=C1/C=C\C(Cl)=C/C(C)N/C(C(=O)NCCCCCCC(=O)NO)=C\1c1c(C2=CC=CC(C)C2)cnn1Cc1ccc(Cl)cc1. The van der Waals surface area contributed by atoms with Gasteiger partial charge in [-0.3, -0.25) is 19.5 Å². The van der Waals surface area contributed by atoms with Crippen molar-refractivity contribution < 1.29 is 14.8 Å². The predicted octanol–water partition coefficient (Wildman–Crippen LogP) is 7.07. The predicted molar refractivity (Wildman–Crippen MR) is 181 cm³/mol. The van der Waals surface area contributed by atoms with E-state index in [0.717, 1.165) is 48.1 Å². The molecule has 0 bridgehead atoms. The summed E-state index contributed by atoms with van der Waals surface area (Å²) in [6.45, 7) is 9.45.